The summed E-state index contributed by atoms with van der Waals surface area (Å²) in [6.07, 6.45) is 6.47. The van der Waals surface area contributed by atoms with Crippen LogP contribution in [0.15, 0.2) is 48.8 Å². The summed E-state index contributed by atoms with van der Waals surface area (Å²) in [5.41, 5.74) is 3.29. The molecule has 9 rings (SSSR count). The van der Waals surface area contributed by atoms with E-state index in [9.17, 15) is 24.3 Å². The van der Waals surface area contributed by atoms with Crippen LogP contribution in [-0.4, -0.2) is 103 Å². The van der Waals surface area contributed by atoms with E-state index in [0.29, 0.717) is 55.2 Å². The number of nitrogens with one attached hydrogen (secondary N) is 4. The molecule has 2 aliphatic carbocycles. The van der Waals surface area contributed by atoms with E-state index in [1.807, 2.05) is 47.9 Å². The fourth-order valence-electron chi connectivity index (χ4n) is 9.47. The molecule has 2 saturated carbocycles. The summed E-state index contributed by atoms with van der Waals surface area (Å²) >= 11 is 0. The molecule has 4 amide bonds. The summed E-state index contributed by atoms with van der Waals surface area (Å²) in [6, 6.07) is 10.6. The number of methoxy groups -OCH3 is 1. The van der Waals surface area contributed by atoms with Crippen LogP contribution in [0.1, 0.15) is 87.4 Å². The second-order valence-electron chi connectivity index (χ2n) is 16.7. The normalized spacial score (nSPS) is 25.7. The Balaban J connectivity index is 0.881. The van der Waals surface area contributed by atoms with Crippen LogP contribution in [0.5, 0.6) is 0 Å². The van der Waals surface area contributed by atoms with E-state index in [1.54, 1.807) is 12.4 Å². The number of alkyl carbamates (subject to hydrolysis) is 1. The Bertz CT molecular complexity index is 2320. The number of aromatic amines is 2. The van der Waals surface area contributed by atoms with E-state index in [1.165, 1.54) is 7.11 Å². The summed E-state index contributed by atoms with van der Waals surface area (Å²) in [6.45, 7) is 4.85. The zero-order valence-corrected chi connectivity index (χ0v) is 32.7. The second kappa shape index (κ2) is 15.1. The largest absolute Gasteiger partial charge is 0.465 e. The first-order valence-corrected chi connectivity index (χ1v) is 20.3. The first kappa shape index (κ1) is 37.7. The third kappa shape index (κ3) is 7.25. The van der Waals surface area contributed by atoms with E-state index >= 15 is 0 Å². The van der Waals surface area contributed by atoms with E-state index in [2.05, 4.69) is 49.6 Å². The Labute approximate surface area is 335 Å². The molecular formula is C43H48N8O7. The van der Waals surface area contributed by atoms with Crippen molar-refractivity contribution in [2.24, 2.45) is 23.7 Å². The molecule has 58 heavy (non-hydrogen) atoms. The molecule has 5 heterocycles. The lowest BCUT2D eigenvalue weighted by molar-refractivity contribution is -0.138. The molecule has 5 N–H and O–H groups in total. The van der Waals surface area contributed by atoms with Crippen molar-refractivity contribution in [3.05, 3.63) is 71.7 Å². The van der Waals surface area contributed by atoms with Crippen molar-refractivity contribution < 1.29 is 33.8 Å². The van der Waals surface area contributed by atoms with Gasteiger partial charge in [0.05, 0.1) is 37.3 Å². The third-order valence-corrected chi connectivity index (χ3v) is 12.7. The van der Waals surface area contributed by atoms with Crippen LogP contribution in [0, 0.1) is 35.5 Å². The van der Waals surface area contributed by atoms with Crippen LogP contribution in [0.2, 0.25) is 0 Å². The SMILES string of the molecule is COC(=O)N[C@H](C(=O)N1[C@@H]2C[C@H]2C[C@H]1c1ncc(C#Cc2ccc3cc(-c4cnc([C@@H]5C[C@H]6C[C@H]6N5C(=O)[C@@H](NC(=O)O)C5CCOCC5)[nH]4)ccc3c2)[nH]1)C(C)C. The van der Waals surface area contributed by atoms with Crippen molar-refractivity contribution in [2.75, 3.05) is 20.3 Å². The molecule has 0 bridgehead atoms. The highest BCUT2D eigenvalue weighted by atomic mass is 16.5. The molecule has 0 radical (unpaired) electrons. The number of amides is 4. The van der Waals surface area contributed by atoms with Gasteiger partial charge in [-0.05, 0) is 97.1 Å². The molecule has 302 valence electrons. The fraction of sp³-hybridized carbons (Fsp3) is 0.488. The predicted octanol–water partition coefficient (Wildman–Crippen LogP) is 5.12. The maximum atomic E-state index is 14.0. The number of piperidine rings is 2. The number of aromatic nitrogens is 4. The highest BCUT2D eigenvalue weighted by Crippen LogP contribution is 2.54. The van der Waals surface area contributed by atoms with E-state index in [4.69, 9.17) is 14.5 Å². The van der Waals surface area contributed by atoms with E-state index in [-0.39, 0.29) is 47.8 Å². The van der Waals surface area contributed by atoms with Gasteiger partial charge in [-0.2, -0.15) is 0 Å². The van der Waals surface area contributed by atoms with E-state index < -0.39 is 24.3 Å². The molecule has 15 heteroatoms. The molecule has 2 aromatic carbocycles. The molecule has 5 aliphatic rings. The topological polar surface area (TPSA) is 195 Å². The first-order chi connectivity index (χ1) is 28.1. The van der Waals surface area contributed by atoms with Crippen molar-refractivity contribution in [1.82, 2.24) is 40.4 Å². The van der Waals surface area contributed by atoms with E-state index in [0.717, 1.165) is 53.3 Å². The first-order valence-electron chi connectivity index (χ1n) is 20.3. The number of carbonyl (C=O) groups excluding carboxylic acids is 3. The van der Waals surface area contributed by atoms with Crippen LogP contribution < -0.4 is 10.6 Å². The fourth-order valence-corrected chi connectivity index (χ4v) is 9.47. The van der Waals surface area contributed by atoms with Crippen molar-refractivity contribution in [2.45, 2.75) is 88.6 Å². The number of rotatable bonds is 9. The van der Waals surface area contributed by atoms with Gasteiger partial charge in [0.15, 0.2) is 0 Å². The van der Waals surface area contributed by atoms with Crippen LogP contribution in [0.25, 0.3) is 22.0 Å². The lowest BCUT2D eigenvalue weighted by atomic mass is 9.90. The van der Waals surface area contributed by atoms with Crippen LogP contribution in [0.3, 0.4) is 0 Å². The quantitative estimate of drug-likeness (QED) is 0.143. The molecule has 0 unspecified atom stereocenters. The molecule has 3 saturated heterocycles. The molecule has 2 aromatic heterocycles. The molecule has 3 aliphatic heterocycles. The van der Waals surface area contributed by atoms with Gasteiger partial charge in [-0.3, -0.25) is 9.59 Å². The smallest absolute Gasteiger partial charge is 0.407 e. The Hall–Kier alpha value is -5.88. The predicted molar refractivity (Wildman–Crippen MR) is 211 cm³/mol. The molecule has 8 atom stereocenters. The number of carbonyl (C=O) groups is 4. The highest BCUT2D eigenvalue weighted by molar-refractivity contribution is 5.89. The molecular weight excluding hydrogens is 741 g/mol. The Kier molecular flexibility index (Phi) is 9.83. The highest BCUT2D eigenvalue weighted by Gasteiger charge is 2.57. The van der Waals surface area contributed by atoms with Crippen molar-refractivity contribution in [3.8, 4) is 23.1 Å². The Morgan fingerprint density at radius 2 is 1.50 bits per heavy atom. The number of carboxylic acid groups (broad SMARTS) is 1. The second-order valence-corrected chi connectivity index (χ2v) is 16.7. The van der Waals surface area contributed by atoms with Gasteiger partial charge >= 0.3 is 12.2 Å². The average molecular weight is 789 g/mol. The zero-order valence-electron chi connectivity index (χ0n) is 32.7. The van der Waals surface area contributed by atoms with Crippen molar-refractivity contribution >= 4 is 34.8 Å². The zero-order chi connectivity index (χ0) is 40.2. The van der Waals surface area contributed by atoms with Gasteiger partial charge in [0, 0.05) is 36.4 Å². The number of benzene rings is 2. The van der Waals surface area contributed by atoms with Gasteiger partial charge in [-0.1, -0.05) is 38.0 Å². The number of nitrogens with zero attached hydrogens (tertiary/aromatic N) is 4. The standard InChI is InChI=1S/C43H48N8O7/c1-22(2)36(49-43(56)57-3)40(52)50-32-16-28(32)18-34(50)38-44-20-30(46-38)9-5-23-4-6-26-15-27(8-7-25(26)14-23)31-21-45-39(47-31)35-19-29-17-33(29)51(35)41(53)37(48-42(54)55)24-10-12-58-13-11-24/h4,6-8,14-15,20-22,24,28-29,32-37,48H,10-13,16-19H2,1-3H3,(H,44,46)(H,45,47)(H,49,56)(H,54,55)/t28-,29+,32+,33+,34-,35-,36-,37-/m0/s1. The van der Waals surface area contributed by atoms with Crippen molar-refractivity contribution in [3.63, 3.8) is 0 Å². The van der Waals surface area contributed by atoms with Crippen LogP contribution >= 0.6 is 0 Å². The third-order valence-electron chi connectivity index (χ3n) is 12.7. The van der Waals surface area contributed by atoms with Gasteiger partial charge < -0.3 is 45.0 Å². The maximum Gasteiger partial charge on any atom is 0.407 e. The number of ether oxygens (including phenoxy) is 2. The average Bonchev–Trinajstić information content (AvgIpc) is 3.82. The Morgan fingerprint density at radius 3 is 2.19 bits per heavy atom. The minimum absolute atomic E-state index is 0.106. The molecule has 5 fully saturated rings. The van der Waals surface area contributed by atoms with Gasteiger partial charge in [-0.25, -0.2) is 19.6 Å². The number of fused-ring (bicyclic) bond motifs is 3. The summed E-state index contributed by atoms with van der Waals surface area (Å²) < 4.78 is 10.3. The van der Waals surface area contributed by atoms with Gasteiger partial charge in [0.1, 0.15) is 29.4 Å². The number of H-pyrrole nitrogens is 2. The lowest BCUT2D eigenvalue weighted by Gasteiger charge is -2.35. The van der Waals surface area contributed by atoms with Crippen LogP contribution in [0.4, 0.5) is 9.59 Å². The van der Waals surface area contributed by atoms with Crippen LogP contribution in [-0.2, 0) is 19.1 Å². The molecule has 0 spiro atoms. The Morgan fingerprint density at radius 1 is 0.845 bits per heavy atom. The molecule has 15 nitrogen and oxygen atoms in total. The summed E-state index contributed by atoms with van der Waals surface area (Å²) in [5, 5.41) is 16.9. The number of likely N-dealkylation sites (tertiary alicyclic amines) is 2. The summed E-state index contributed by atoms with van der Waals surface area (Å²) in [7, 11) is 1.29. The number of hydrogen-bond donors (Lipinski definition) is 5. The molecule has 4 aromatic rings. The maximum absolute atomic E-state index is 14.0. The van der Waals surface area contributed by atoms with Crippen molar-refractivity contribution in [1.29, 1.82) is 0 Å². The number of imidazole rings is 2. The summed E-state index contributed by atoms with van der Waals surface area (Å²) in [5.74, 6) is 8.18. The number of hydrogen-bond acceptors (Lipinski definition) is 8. The minimum atomic E-state index is -1.19. The van der Waals surface area contributed by atoms with Gasteiger partial charge in [-0.15, -0.1) is 0 Å². The minimum Gasteiger partial charge on any atom is -0.465 e. The van der Waals surface area contributed by atoms with Gasteiger partial charge in [0.2, 0.25) is 11.8 Å². The summed E-state index contributed by atoms with van der Waals surface area (Å²) in [4.78, 5) is 71.5. The lowest BCUT2D eigenvalue weighted by Crippen LogP contribution is -2.53. The monoisotopic (exact) mass is 788 g/mol. The van der Waals surface area contributed by atoms with Gasteiger partial charge in [0.25, 0.3) is 0 Å².